The number of hydrogen-bond donors (Lipinski definition) is 1. The Balaban J connectivity index is 1.39. The number of nitrogens with zero attached hydrogens (tertiary/aromatic N) is 5. The third-order valence-corrected chi connectivity index (χ3v) is 7.39. The summed E-state index contributed by atoms with van der Waals surface area (Å²) in [6, 6.07) is 12.6. The quantitative estimate of drug-likeness (QED) is 0.310. The highest BCUT2D eigenvalue weighted by atomic mass is 16.2. The van der Waals surface area contributed by atoms with Crippen LogP contribution in [0.5, 0.6) is 0 Å². The van der Waals surface area contributed by atoms with Crippen molar-refractivity contribution in [2.45, 2.75) is 39.2 Å². The highest BCUT2D eigenvalue weighted by Gasteiger charge is 2.35. The van der Waals surface area contributed by atoms with E-state index in [0.717, 1.165) is 0 Å². The zero-order valence-electron chi connectivity index (χ0n) is 21.7. The third-order valence-electron chi connectivity index (χ3n) is 7.39. The molecule has 0 radical (unpaired) electrons. The van der Waals surface area contributed by atoms with E-state index in [-0.39, 0.29) is 29.2 Å². The summed E-state index contributed by atoms with van der Waals surface area (Å²) in [5, 5.41) is 8.81. The molecule has 4 aromatic rings. The molecule has 1 N–H and O–H groups in total. The number of Topliss-reactive ketones (excluding diaryl/α,β-unsaturated/α-hetero) is 1. The first-order chi connectivity index (χ1) is 18.3. The van der Waals surface area contributed by atoms with Gasteiger partial charge in [-0.05, 0) is 50.5 Å². The van der Waals surface area contributed by atoms with Gasteiger partial charge in [-0.2, -0.15) is 5.10 Å². The SMILES string of the molecule is CCC1(C(=O)c2cnn(-c3nn4cccc4c(=O)[nH]3)c2C)/C=C\CC(N(C)C(=O)c2ccccc2)C/C=C\1. The second-order valence-corrected chi connectivity index (χ2v) is 9.61. The van der Waals surface area contributed by atoms with E-state index in [4.69, 9.17) is 0 Å². The molecule has 0 saturated carbocycles. The average molecular weight is 511 g/mol. The summed E-state index contributed by atoms with van der Waals surface area (Å²) >= 11 is 0. The number of carbonyl (C=O) groups excluding carboxylic acids is 2. The summed E-state index contributed by atoms with van der Waals surface area (Å²) < 4.78 is 2.97. The average Bonchev–Trinajstić information content (AvgIpc) is 3.55. The van der Waals surface area contributed by atoms with Crippen molar-refractivity contribution >= 4 is 17.2 Å². The summed E-state index contributed by atoms with van der Waals surface area (Å²) in [5.74, 6) is 0.134. The fourth-order valence-electron chi connectivity index (χ4n) is 4.96. The van der Waals surface area contributed by atoms with Crippen LogP contribution in [-0.4, -0.2) is 54.1 Å². The number of aromatic nitrogens is 5. The maximum atomic E-state index is 13.9. The summed E-state index contributed by atoms with van der Waals surface area (Å²) in [4.78, 5) is 43.8. The Bertz CT molecular complexity index is 1590. The monoisotopic (exact) mass is 510 g/mol. The maximum Gasteiger partial charge on any atom is 0.276 e. The molecule has 3 aromatic heterocycles. The van der Waals surface area contributed by atoms with Crippen LogP contribution < -0.4 is 5.56 Å². The summed E-state index contributed by atoms with van der Waals surface area (Å²) in [6.45, 7) is 3.77. The van der Waals surface area contributed by atoms with E-state index in [9.17, 15) is 14.4 Å². The Kier molecular flexibility index (Phi) is 6.67. The Hall–Kier alpha value is -4.53. The molecule has 1 aliphatic rings. The molecule has 9 nitrogen and oxygen atoms in total. The number of ketones is 1. The van der Waals surface area contributed by atoms with E-state index >= 15 is 0 Å². The van der Waals surface area contributed by atoms with Gasteiger partial charge in [-0.25, -0.2) is 9.20 Å². The van der Waals surface area contributed by atoms with E-state index in [0.29, 0.717) is 41.6 Å². The molecule has 0 saturated heterocycles. The molecule has 0 unspecified atom stereocenters. The first-order valence-corrected chi connectivity index (χ1v) is 12.7. The first-order valence-electron chi connectivity index (χ1n) is 12.7. The van der Waals surface area contributed by atoms with Crippen LogP contribution in [0, 0.1) is 12.3 Å². The smallest absolute Gasteiger partial charge is 0.276 e. The highest BCUT2D eigenvalue weighted by Crippen LogP contribution is 2.34. The Labute approximate surface area is 220 Å². The molecule has 1 aliphatic carbocycles. The molecule has 0 aliphatic heterocycles. The topological polar surface area (TPSA) is 105 Å². The number of allylic oxidation sites excluding steroid dienone is 2. The van der Waals surface area contributed by atoms with Gasteiger partial charge in [-0.15, -0.1) is 5.10 Å². The maximum absolute atomic E-state index is 13.9. The molecule has 3 heterocycles. The van der Waals surface area contributed by atoms with Crippen LogP contribution in [0.25, 0.3) is 11.5 Å². The van der Waals surface area contributed by atoms with Crippen LogP contribution >= 0.6 is 0 Å². The fraction of sp³-hybridized carbons (Fsp3) is 0.276. The lowest BCUT2D eigenvalue weighted by Crippen LogP contribution is -2.37. The molecule has 0 fully saturated rings. The lowest BCUT2D eigenvalue weighted by atomic mass is 9.76. The minimum absolute atomic E-state index is 0.0175. The number of benzene rings is 1. The number of amides is 1. The molecule has 5 rings (SSSR count). The number of nitrogens with one attached hydrogen (secondary N) is 1. The van der Waals surface area contributed by atoms with Crippen LogP contribution in [-0.2, 0) is 0 Å². The number of carbonyl (C=O) groups is 2. The summed E-state index contributed by atoms with van der Waals surface area (Å²) in [5.41, 5.74) is 1.01. The van der Waals surface area contributed by atoms with Gasteiger partial charge >= 0.3 is 0 Å². The van der Waals surface area contributed by atoms with Crippen molar-refractivity contribution < 1.29 is 9.59 Å². The Morgan fingerprint density at radius 1 is 1.11 bits per heavy atom. The number of H-pyrrole nitrogens is 1. The van der Waals surface area contributed by atoms with Crippen molar-refractivity contribution in [2.24, 2.45) is 5.41 Å². The van der Waals surface area contributed by atoms with Crippen molar-refractivity contribution in [3.63, 3.8) is 0 Å². The van der Waals surface area contributed by atoms with Gasteiger partial charge < -0.3 is 4.90 Å². The van der Waals surface area contributed by atoms with Gasteiger partial charge in [0, 0.05) is 24.8 Å². The number of hydrogen-bond acceptors (Lipinski definition) is 5. The number of rotatable bonds is 6. The minimum atomic E-state index is -0.836. The molecule has 38 heavy (non-hydrogen) atoms. The van der Waals surface area contributed by atoms with Crippen LogP contribution in [0.15, 0.2) is 84.0 Å². The van der Waals surface area contributed by atoms with Crippen molar-refractivity contribution in [1.29, 1.82) is 0 Å². The molecular formula is C29H30N6O3. The van der Waals surface area contributed by atoms with Gasteiger partial charge in [0.2, 0.25) is 5.95 Å². The fourth-order valence-corrected chi connectivity index (χ4v) is 4.96. The van der Waals surface area contributed by atoms with E-state index < -0.39 is 5.41 Å². The predicted molar refractivity (Wildman–Crippen MR) is 145 cm³/mol. The molecule has 0 bridgehead atoms. The van der Waals surface area contributed by atoms with Gasteiger partial charge in [0.1, 0.15) is 5.52 Å². The van der Waals surface area contributed by atoms with E-state index in [1.54, 1.807) is 30.2 Å². The van der Waals surface area contributed by atoms with Gasteiger partial charge in [0.05, 0.1) is 22.9 Å². The molecule has 1 aromatic carbocycles. The highest BCUT2D eigenvalue weighted by molar-refractivity contribution is 6.04. The van der Waals surface area contributed by atoms with Crippen molar-refractivity contribution in [3.05, 3.63) is 106 Å². The number of aromatic amines is 1. The molecule has 194 valence electrons. The predicted octanol–water partition coefficient (Wildman–Crippen LogP) is 4.14. The standard InChI is InChI=1S/C29H30N6O3/c1-4-29(16-8-13-22(14-9-17-29)33(3)27(38)21-11-6-5-7-12-21)25(36)23-19-30-35(20(23)2)28-31-26(37)24-15-10-18-34(24)32-28/h5-12,15-19,22H,4,13-14H2,1-3H3,(H,31,32,37)/b16-8-,17-9-. The second-order valence-electron chi connectivity index (χ2n) is 9.61. The van der Waals surface area contributed by atoms with Gasteiger partial charge in [-0.3, -0.25) is 19.4 Å². The van der Waals surface area contributed by atoms with Crippen LogP contribution in [0.3, 0.4) is 0 Å². The number of fused-ring (bicyclic) bond motifs is 1. The molecular weight excluding hydrogens is 480 g/mol. The lowest BCUT2D eigenvalue weighted by molar-refractivity contribution is 0.0731. The normalized spacial score (nSPS) is 21.0. The Morgan fingerprint density at radius 3 is 2.50 bits per heavy atom. The van der Waals surface area contributed by atoms with Gasteiger partial charge in [-0.1, -0.05) is 49.4 Å². The van der Waals surface area contributed by atoms with Crippen molar-refractivity contribution in [1.82, 2.24) is 29.3 Å². The zero-order valence-corrected chi connectivity index (χ0v) is 21.7. The summed E-state index contributed by atoms with van der Waals surface area (Å²) in [6.07, 6.45) is 13.0. The van der Waals surface area contributed by atoms with E-state index in [2.05, 4.69) is 15.2 Å². The lowest BCUT2D eigenvalue weighted by Gasteiger charge is -2.30. The van der Waals surface area contributed by atoms with Crippen LogP contribution in [0.2, 0.25) is 0 Å². The van der Waals surface area contributed by atoms with Crippen LogP contribution in [0.4, 0.5) is 0 Å². The molecule has 1 amide bonds. The zero-order chi connectivity index (χ0) is 26.9. The van der Waals surface area contributed by atoms with Gasteiger partial charge in [0.15, 0.2) is 5.78 Å². The van der Waals surface area contributed by atoms with Gasteiger partial charge in [0.25, 0.3) is 11.5 Å². The summed E-state index contributed by atoms with van der Waals surface area (Å²) in [7, 11) is 1.82. The second kappa shape index (κ2) is 10.1. The first kappa shape index (κ1) is 25.1. The molecule has 0 atom stereocenters. The Morgan fingerprint density at radius 2 is 1.82 bits per heavy atom. The van der Waals surface area contributed by atoms with E-state index in [1.807, 2.05) is 68.6 Å². The minimum Gasteiger partial charge on any atom is -0.338 e. The van der Waals surface area contributed by atoms with E-state index in [1.165, 1.54) is 15.4 Å². The van der Waals surface area contributed by atoms with Crippen molar-refractivity contribution in [2.75, 3.05) is 7.05 Å². The largest absolute Gasteiger partial charge is 0.338 e. The molecule has 9 heteroatoms. The molecule has 0 spiro atoms. The van der Waals surface area contributed by atoms with Crippen molar-refractivity contribution in [3.8, 4) is 5.95 Å². The van der Waals surface area contributed by atoms with Crippen LogP contribution in [0.1, 0.15) is 52.6 Å². The third kappa shape index (κ3) is 4.40.